The van der Waals surface area contributed by atoms with Crippen molar-refractivity contribution in [1.82, 2.24) is 25.1 Å². The van der Waals surface area contributed by atoms with Crippen molar-refractivity contribution in [3.8, 4) is 11.1 Å². The third kappa shape index (κ3) is 4.35. The first-order valence-electron chi connectivity index (χ1n) is 10.5. The minimum atomic E-state index is -3.31. The van der Waals surface area contributed by atoms with E-state index in [9.17, 15) is 8.42 Å². The Morgan fingerprint density at radius 3 is 2.66 bits per heavy atom. The molecular formula is C23H24N6O2S. The molecule has 32 heavy (non-hydrogen) atoms. The number of hydrogen-bond donors (Lipinski definition) is 2. The Balaban J connectivity index is 1.35. The molecule has 4 aromatic rings. The predicted molar refractivity (Wildman–Crippen MR) is 124 cm³/mol. The number of sulfone groups is 1. The molecule has 0 saturated carbocycles. The second-order valence-corrected chi connectivity index (χ2v) is 10.1. The largest absolute Gasteiger partial charge is 0.378 e. The van der Waals surface area contributed by atoms with Gasteiger partial charge < -0.3 is 5.32 Å². The number of anilines is 1. The van der Waals surface area contributed by atoms with Gasteiger partial charge in [-0.05, 0) is 61.0 Å². The number of aromatic amines is 1. The van der Waals surface area contributed by atoms with Gasteiger partial charge in [0.15, 0.2) is 14.9 Å². The zero-order chi connectivity index (χ0) is 22.1. The summed E-state index contributed by atoms with van der Waals surface area (Å²) >= 11 is 0. The number of nitrogens with one attached hydrogen (secondary N) is 2. The summed E-state index contributed by atoms with van der Waals surface area (Å²) in [5, 5.41) is 11.9. The molecule has 1 aromatic carbocycles. The second-order valence-electron chi connectivity index (χ2n) is 8.16. The van der Waals surface area contributed by atoms with Crippen LogP contribution in [0.25, 0.3) is 22.0 Å². The average Bonchev–Trinajstić information content (AvgIpc) is 3.17. The van der Waals surface area contributed by atoms with Crippen LogP contribution in [-0.2, 0) is 22.9 Å². The minimum absolute atomic E-state index is 0.0598. The van der Waals surface area contributed by atoms with E-state index < -0.39 is 9.84 Å². The number of fused-ring (bicyclic) bond motifs is 1. The van der Waals surface area contributed by atoms with E-state index in [1.807, 2.05) is 18.5 Å². The van der Waals surface area contributed by atoms with Gasteiger partial charge >= 0.3 is 0 Å². The first-order valence-corrected chi connectivity index (χ1v) is 12.4. The van der Waals surface area contributed by atoms with Crippen LogP contribution >= 0.6 is 0 Å². The lowest BCUT2D eigenvalue weighted by Crippen LogP contribution is -2.36. The molecule has 1 fully saturated rings. The molecule has 2 N–H and O–H groups in total. The summed E-state index contributed by atoms with van der Waals surface area (Å²) in [5.41, 5.74) is 5.98. The van der Waals surface area contributed by atoms with Gasteiger partial charge in [-0.1, -0.05) is 6.07 Å². The molecular weight excluding hydrogens is 424 g/mol. The van der Waals surface area contributed by atoms with Crippen LogP contribution in [0.1, 0.15) is 17.7 Å². The summed E-state index contributed by atoms with van der Waals surface area (Å²) in [6, 6.07) is 11.6. The Morgan fingerprint density at radius 1 is 1.06 bits per heavy atom. The van der Waals surface area contributed by atoms with Crippen LogP contribution in [0.3, 0.4) is 0 Å². The number of hydrogen-bond acceptors (Lipinski definition) is 7. The molecule has 8 nitrogen and oxygen atoms in total. The fourth-order valence-corrected chi connectivity index (χ4v) is 4.36. The number of pyridine rings is 2. The molecule has 0 radical (unpaired) electrons. The molecule has 9 heteroatoms. The van der Waals surface area contributed by atoms with Crippen LogP contribution in [0, 0.1) is 0 Å². The van der Waals surface area contributed by atoms with Gasteiger partial charge in [-0.15, -0.1) is 0 Å². The fourth-order valence-electron chi connectivity index (χ4n) is 3.80. The molecule has 164 valence electrons. The summed E-state index contributed by atoms with van der Waals surface area (Å²) in [7, 11) is -3.31. The molecule has 3 aromatic heterocycles. The van der Waals surface area contributed by atoms with Crippen molar-refractivity contribution in [3.05, 3.63) is 66.2 Å². The third-order valence-corrected chi connectivity index (χ3v) is 6.70. The highest BCUT2D eigenvalue weighted by Crippen LogP contribution is 2.26. The van der Waals surface area contributed by atoms with Crippen LogP contribution in [0.4, 0.5) is 5.69 Å². The van der Waals surface area contributed by atoms with Crippen molar-refractivity contribution < 1.29 is 8.42 Å². The van der Waals surface area contributed by atoms with Crippen molar-refractivity contribution in [2.75, 3.05) is 24.7 Å². The van der Waals surface area contributed by atoms with E-state index in [2.05, 4.69) is 48.6 Å². The Bertz CT molecular complexity index is 1360. The summed E-state index contributed by atoms with van der Waals surface area (Å²) in [4.78, 5) is 10.9. The van der Waals surface area contributed by atoms with Crippen molar-refractivity contribution in [3.63, 3.8) is 0 Å². The Morgan fingerprint density at radius 2 is 1.94 bits per heavy atom. The third-order valence-electron chi connectivity index (χ3n) is 5.70. The lowest BCUT2D eigenvalue weighted by atomic mass is 10.0. The number of likely N-dealkylation sites (tertiary alicyclic amines) is 1. The minimum Gasteiger partial charge on any atom is -0.378 e. The molecule has 4 heterocycles. The number of benzene rings is 1. The van der Waals surface area contributed by atoms with E-state index in [1.54, 1.807) is 6.07 Å². The normalized spacial score (nSPS) is 14.4. The van der Waals surface area contributed by atoms with E-state index in [1.165, 1.54) is 24.2 Å². The zero-order valence-corrected chi connectivity index (χ0v) is 18.6. The van der Waals surface area contributed by atoms with E-state index in [0.717, 1.165) is 59.3 Å². The van der Waals surface area contributed by atoms with Crippen LogP contribution in [0.15, 0.2) is 60.0 Å². The molecule has 0 unspecified atom stereocenters. The number of aromatic nitrogens is 4. The predicted octanol–water partition coefficient (Wildman–Crippen LogP) is 3.24. The van der Waals surface area contributed by atoms with Gasteiger partial charge in [0.1, 0.15) is 0 Å². The summed E-state index contributed by atoms with van der Waals surface area (Å²) in [6.45, 7) is 3.77. The topological polar surface area (TPSA) is 104 Å². The van der Waals surface area contributed by atoms with Gasteiger partial charge in [-0.3, -0.25) is 15.0 Å². The lowest BCUT2D eigenvalue weighted by molar-refractivity contribution is 0.172. The van der Waals surface area contributed by atoms with E-state index in [0.29, 0.717) is 6.54 Å². The standard InChI is InChI=1S/C23H24N6O2S/c1-32(30,31)23-6-4-19(13-26-23)25-14-22-20-10-17(3-5-21(20)27-28-22)18-9-16(11-24-12-18)15-29-7-2-8-29/h3-6,9-13,25H,2,7-8,14-15H2,1H3,(H,27,28). The SMILES string of the molecule is CS(=O)(=O)c1ccc(NCc2[nH]nc3ccc(-c4cncc(CN5CCC5)c4)cc23)cn1. The van der Waals surface area contributed by atoms with Crippen LogP contribution in [0.5, 0.6) is 0 Å². The number of H-pyrrole nitrogens is 1. The maximum atomic E-state index is 11.6. The number of nitrogens with zero attached hydrogens (tertiary/aromatic N) is 4. The maximum Gasteiger partial charge on any atom is 0.192 e. The van der Waals surface area contributed by atoms with E-state index in [-0.39, 0.29) is 5.03 Å². The molecule has 1 aliphatic heterocycles. The summed E-state index contributed by atoms with van der Waals surface area (Å²) < 4.78 is 23.1. The smallest absolute Gasteiger partial charge is 0.192 e. The monoisotopic (exact) mass is 448 g/mol. The van der Waals surface area contributed by atoms with Gasteiger partial charge in [0.2, 0.25) is 0 Å². The van der Waals surface area contributed by atoms with Crippen molar-refractivity contribution in [2.24, 2.45) is 0 Å². The maximum absolute atomic E-state index is 11.6. The Hall–Kier alpha value is -3.30. The number of rotatable bonds is 7. The van der Waals surface area contributed by atoms with E-state index in [4.69, 9.17) is 0 Å². The first kappa shape index (κ1) is 20.6. The molecule has 0 spiro atoms. The fraction of sp³-hybridized carbons (Fsp3) is 0.261. The molecule has 1 saturated heterocycles. The molecule has 5 rings (SSSR count). The van der Waals surface area contributed by atoms with Crippen LogP contribution < -0.4 is 5.32 Å². The zero-order valence-electron chi connectivity index (χ0n) is 17.7. The first-order chi connectivity index (χ1) is 15.5. The van der Waals surface area contributed by atoms with Crippen molar-refractivity contribution in [1.29, 1.82) is 0 Å². The van der Waals surface area contributed by atoms with Crippen molar-refractivity contribution >= 4 is 26.4 Å². The highest BCUT2D eigenvalue weighted by atomic mass is 32.2. The second kappa shape index (κ2) is 8.33. The van der Waals surface area contributed by atoms with Gasteiger partial charge in [-0.25, -0.2) is 13.4 Å². The molecule has 0 amide bonds. The summed E-state index contributed by atoms with van der Waals surface area (Å²) in [5.74, 6) is 0. The highest BCUT2D eigenvalue weighted by Gasteiger charge is 2.15. The van der Waals surface area contributed by atoms with Gasteiger partial charge in [0.05, 0.1) is 29.6 Å². The van der Waals surface area contributed by atoms with Gasteiger partial charge in [-0.2, -0.15) is 5.10 Å². The molecule has 1 aliphatic rings. The van der Waals surface area contributed by atoms with Gasteiger partial charge in [0.25, 0.3) is 0 Å². The van der Waals surface area contributed by atoms with Gasteiger partial charge in [0, 0.05) is 36.1 Å². The molecule has 0 aliphatic carbocycles. The molecule has 0 atom stereocenters. The average molecular weight is 449 g/mol. The van der Waals surface area contributed by atoms with Crippen molar-refractivity contribution in [2.45, 2.75) is 24.5 Å². The van der Waals surface area contributed by atoms with Crippen LogP contribution in [0.2, 0.25) is 0 Å². The Labute approximate surface area is 186 Å². The van der Waals surface area contributed by atoms with Crippen LogP contribution in [-0.4, -0.2) is 52.8 Å². The summed E-state index contributed by atoms with van der Waals surface area (Å²) in [6.07, 6.45) is 7.78. The lowest BCUT2D eigenvalue weighted by Gasteiger charge is -2.30. The quantitative estimate of drug-likeness (QED) is 0.447. The Kier molecular flexibility index (Phi) is 5.36. The molecule has 0 bridgehead atoms. The van der Waals surface area contributed by atoms with E-state index >= 15 is 0 Å². The highest BCUT2D eigenvalue weighted by molar-refractivity contribution is 7.90.